The molecule has 0 saturated carbocycles. The van der Waals surface area contributed by atoms with Crippen LogP contribution in [0.3, 0.4) is 0 Å². The Balaban J connectivity index is 1.94. The molecule has 1 aromatic heterocycles. The van der Waals surface area contributed by atoms with Crippen molar-refractivity contribution in [1.29, 1.82) is 0 Å². The van der Waals surface area contributed by atoms with E-state index in [1.165, 1.54) is 18.2 Å². The maximum atomic E-state index is 14.4. The summed E-state index contributed by atoms with van der Waals surface area (Å²) in [4.78, 5) is 26.9. The molecule has 12 heteroatoms. The fraction of sp³-hybridized carbons (Fsp3) is 0. The van der Waals surface area contributed by atoms with Crippen LogP contribution in [0.1, 0.15) is 0 Å². The number of nitrogens with zero attached hydrogens (tertiary/aromatic N) is 2. The highest BCUT2D eigenvalue weighted by molar-refractivity contribution is 7.90. The Bertz CT molecular complexity index is 1230. The number of carbonyl (C=O) groups is 1. The summed E-state index contributed by atoms with van der Waals surface area (Å²) in [5.74, 6) is -2.01. The number of anilines is 2. The zero-order valence-corrected chi connectivity index (χ0v) is 16.6. The lowest BCUT2D eigenvalue weighted by molar-refractivity contribution is 0.262. The zero-order chi connectivity index (χ0) is 21.2. The number of para-hydroxylation sites is 1. The van der Waals surface area contributed by atoms with E-state index in [0.29, 0.717) is 11.9 Å². The lowest BCUT2D eigenvalue weighted by Gasteiger charge is -2.12. The Morgan fingerprint density at radius 1 is 1.00 bits per heavy atom. The van der Waals surface area contributed by atoms with Gasteiger partial charge in [0.1, 0.15) is 4.90 Å². The average Bonchev–Trinajstić information content (AvgIpc) is 2.64. The smallest absolute Gasteiger partial charge is 0.308 e. The minimum absolute atomic E-state index is 0.0513. The summed E-state index contributed by atoms with van der Waals surface area (Å²) < 4.78 is 39.9. The van der Waals surface area contributed by atoms with Gasteiger partial charge in [-0.15, -0.1) is 0 Å². The number of aromatic nitrogens is 2. The van der Waals surface area contributed by atoms with Gasteiger partial charge >= 0.3 is 11.7 Å². The number of urea groups is 1. The molecule has 0 bridgehead atoms. The van der Waals surface area contributed by atoms with Gasteiger partial charge in [-0.3, -0.25) is 5.32 Å². The molecule has 0 fully saturated rings. The van der Waals surface area contributed by atoms with E-state index < -0.39 is 38.3 Å². The summed E-state index contributed by atoms with van der Waals surface area (Å²) in [5, 5.41) is 3.94. The molecule has 0 unspecified atom stereocenters. The van der Waals surface area contributed by atoms with Crippen LogP contribution in [0.15, 0.2) is 64.4 Å². The Morgan fingerprint density at radius 2 is 1.62 bits per heavy atom. The maximum Gasteiger partial charge on any atom is 0.363 e. The summed E-state index contributed by atoms with van der Waals surface area (Å²) >= 11 is 11.7. The molecule has 8 nitrogen and oxygen atoms in total. The number of benzene rings is 2. The molecule has 0 spiro atoms. The SMILES string of the molecule is O=C(Nc1ccccc1)Nc1nc(=O)n(S(=O)(=O)c2c(Cl)cccc2Cl)cc1F. The van der Waals surface area contributed by atoms with Gasteiger partial charge in [0.25, 0.3) is 10.0 Å². The van der Waals surface area contributed by atoms with Gasteiger partial charge in [-0.2, -0.15) is 8.96 Å². The van der Waals surface area contributed by atoms with Crippen LogP contribution in [0, 0.1) is 5.82 Å². The summed E-state index contributed by atoms with van der Waals surface area (Å²) in [5.41, 5.74) is -0.952. The molecular weight excluding hydrogens is 446 g/mol. The molecule has 3 aromatic rings. The van der Waals surface area contributed by atoms with E-state index in [1.54, 1.807) is 30.3 Å². The van der Waals surface area contributed by atoms with E-state index in [0.717, 1.165) is 0 Å². The molecule has 0 saturated heterocycles. The minimum Gasteiger partial charge on any atom is -0.308 e. The van der Waals surface area contributed by atoms with Crippen LogP contribution >= 0.6 is 23.2 Å². The van der Waals surface area contributed by atoms with E-state index in [1.807, 2.05) is 5.32 Å². The van der Waals surface area contributed by atoms with Gasteiger partial charge in [0.15, 0.2) is 11.6 Å². The Labute approximate surface area is 174 Å². The zero-order valence-electron chi connectivity index (χ0n) is 14.3. The molecule has 0 aliphatic carbocycles. The van der Waals surface area contributed by atoms with Crippen LogP contribution in [-0.4, -0.2) is 23.4 Å². The highest BCUT2D eigenvalue weighted by Crippen LogP contribution is 2.30. The monoisotopic (exact) mass is 456 g/mol. The molecule has 0 aliphatic rings. The normalized spacial score (nSPS) is 11.1. The van der Waals surface area contributed by atoms with Gasteiger partial charge in [-0.25, -0.2) is 22.4 Å². The van der Waals surface area contributed by atoms with Crippen molar-refractivity contribution in [2.24, 2.45) is 0 Å². The Kier molecular flexibility index (Phi) is 5.87. The van der Waals surface area contributed by atoms with Crippen LogP contribution in [-0.2, 0) is 10.0 Å². The summed E-state index contributed by atoms with van der Waals surface area (Å²) in [6.45, 7) is 0. The van der Waals surface area contributed by atoms with E-state index in [9.17, 15) is 22.4 Å². The summed E-state index contributed by atoms with van der Waals surface area (Å²) in [6, 6.07) is 11.3. The highest BCUT2D eigenvalue weighted by atomic mass is 35.5. The summed E-state index contributed by atoms with van der Waals surface area (Å²) in [6.07, 6.45) is 0.377. The van der Waals surface area contributed by atoms with Crippen molar-refractivity contribution in [1.82, 2.24) is 8.96 Å². The van der Waals surface area contributed by atoms with Crippen molar-refractivity contribution in [2.45, 2.75) is 4.90 Å². The lowest BCUT2D eigenvalue weighted by atomic mass is 10.3. The van der Waals surface area contributed by atoms with E-state index in [-0.39, 0.29) is 14.0 Å². The quantitative estimate of drug-likeness (QED) is 0.623. The maximum absolute atomic E-state index is 14.4. The van der Waals surface area contributed by atoms with Crippen molar-refractivity contribution in [3.63, 3.8) is 0 Å². The Hall–Kier alpha value is -2.95. The first-order chi connectivity index (χ1) is 13.7. The molecule has 2 amide bonds. The van der Waals surface area contributed by atoms with Crippen molar-refractivity contribution >= 4 is 50.8 Å². The third-order valence-corrected chi connectivity index (χ3v) is 6.14. The molecule has 2 N–H and O–H groups in total. The van der Waals surface area contributed by atoms with Crippen LogP contribution in [0.4, 0.5) is 20.7 Å². The third kappa shape index (κ3) is 4.39. The lowest BCUT2D eigenvalue weighted by Crippen LogP contribution is -2.32. The number of carbonyl (C=O) groups excluding carboxylic acids is 1. The molecule has 29 heavy (non-hydrogen) atoms. The minimum atomic E-state index is -4.64. The fourth-order valence-corrected chi connectivity index (χ4v) is 4.58. The second-order valence-corrected chi connectivity index (χ2v) is 8.08. The first-order valence-electron chi connectivity index (χ1n) is 7.82. The van der Waals surface area contributed by atoms with Crippen LogP contribution < -0.4 is 16.3 Å². The first-order valence-corrected chi connectivity index (χ1v) is 10.0. The standard InChI is InChI=1S/C17H11Cl2FN4O4S/c18-11-7-4-8-12(19)14(11)29(27,28)24-9-13(20)15(23-17(24)26)22-16(25)21-10-5-2-1-3-6-10/h1-9H,(H2,21,22,23,25,26). The van der Waals surface area contributed by atoms with Gasteiger partial charge in [0.2, 0.25) is 0 Å². The van der Waals surface area contributed by atoms with Gasteiger partial charge in [-0.05, 0) is 24.3 Å². The predicted molar refractivity (Wildman–Crippen MR) is 107 cm³/mol. The van der Waals surface area contributed by atoms with Gasteiger partial charge in [-0.1, -0.05) is 47.5 Å². The largest absolute Gasteiger partial charge is 0.363 e. The van der Waals surface area contributed by atoms with Crippen molar-refractivity contribution < 1.29 is 17.6 Å². The molecule has 1 heterocycles. The topological polar surface area (TPSA) is 110 Å². The number of nitrogens with one attached hydrogen (secondary N) is 2. The fourth-order valence-electron chi connectivity index (χ4n) is 2.30. The van der Waals surface area contributed by atoms with Crippen molar-refractivity contribution in [2.75, 3.05) is 10.6 Å². The second-order valence-electron chi connectivity index (χ2n) is 5.52. The van der Waals surface area contributed by atoms with Gasteiger partial charge in [0.05, 0.1) is 16.2 Å². The second kappa shape index (κ2) is 8.19. The van der Waals surface area contributed by atoms with Crippen molar-refractivity contribution in [3.8, 4) is 0 Å². The predicted octanol–water partition coefficient (Wildman–Crippen LogP) is 3.57. The number of halogens is 3. The Morgan fingerprint density at radius 3 is 2.24 bits per heavy atom. The van der Waals surface area contributed by atoms with Gasteiger partial charge < -0.3 is 5.32 Å². The first kappa shape index (κ1) is 20.8. The van der Waals surface area contributed by atoms with Crippen molar-refractivity contribution in [3.05, 3.63) is 81.1 Å². The van der Waals surface area contributed by atoms with Gasteiger partial charge in [0, 0.05) is 5.69 Å². The van der Waals surface area contributed by atoms with Crippen LogP contribution in [0.2, 0.25) is 10.0 Å². The average molecular weight is 457 g/mol. The molecule has 0 radical (unpaired) electrons. The number of hydrogen-bond acceptors (Lipinski definition) is 5. The van der Waals surface area contributed by atoms with Crippen LogP contribution in [0.25, 0.3) is 0 Å². The molecule has 2 aromatic carbocycles. The van der Waals surface area contributed by atoms with E-state index in [4.69, 9.17) is 23.2 Å². The third-order valence-electron chi connectivity index (χ3n) is 3.55. The summed E-state index contributed by atoms with van der Waals surface area (Å²) in [7, 11) is -4.64. The van der Waals surface area contributed by atoms with Crippen LogP contribution in [0.5, 0.6) is 0 Å². The highest BCUT2D eigenvalue weighted by Gasteiger charge is 2.27. The number of rotatable bonds is 4. The van der Waals surface area contributed by atoms with E-state index >= 15 is 0 Å². The molecule has 150 valence electrons. The molecule has 3 rings (SSSR count). The number of amides is 2. The number of hydrogen-bond donors (Lipinski definition) is 2. The molecule has 0 aliphatic heterocycles. The van der Waals surface area contributed by atoms with E-state index in [2.05, 4.69) is 10.3 Å². The molecule has 0 atom stereocenters. The molecular formula is C17H11Cl2FN4O4S.